The van der Waals surface area contributed by atoms with E-state index in [1.54, 1.807) is 12.3 Å². The van der Waals surface area contributed by atoms with Crippen molar-refractivity contribution in [3.05, 3.63) is 58.2 Å². The molecule has 5 rings (SSSR count). The molecule has 3 N–H and O–H groups in total. The molecule has 1 aromatic heterocycles. The largest absolute Gasteiger partial charge is 0.481 e. The van der Waals surface area contributed by atoms with Crippen LogP contribution in [0, 0.1) is 11.3 Å². The summed E-state index contributed by atoms with van der Waals surface area (Å²) in [6.07, 6.45) is 0.244. The van der Waals surface area contributed by atoms with Gasteiger partial charge in [0.2, 0.25) is 0 Å². The lowest BCUT2D eigenvalue weighted by Gasteiger charge is -2.56. The molecule has 10 heteroatoms. The molecule has 2 aliphatic carbocycles. The highest BCUT2D eigenvalue weighted by atomic mass is 79.9. The van der Waals surface area contributed by atoms with Gasteiger partial charge in [-0.05, 0) is 67.5 Å². The third-order valence-corrected chi connectivity index (χ3v) is 8.27. The highest BCUT2D eigenvalue weighted by Crippen LogP contribution is 2.58. The summed E-state index contributed by atoms with van der Waals surface area (Å²) in [5.74, 6) is -1.25. The number of carbonyl (C=O) groups excluding carboxylic acids is 1. The van der Waals surface area contributed by atoms with Gasteiger partial charge in [0.15, 0.2) is 0 Å². The molecule has 2 fully saturated rings. The third-order valence-electron chi connectivity index (χ3n) is 6.76. The van der Waals surface area contributed by atoms with E-state index in [1.165, 1.54) is 23.9 Å². The predicted molar refractivity (Wildman–Crippen MR) is 125 cm³/mol. The number of fused-ring (bicyclic) bond motifs is 1. The maximum atomic E-state index is 13.2. The molecule has 0 bridgehead atoms. The highest BCUT2D eigenvalue weighted by Gasteiger charge is 2.55. The van der Waals surface area contributed by atoms with Gasteiger partial charge >= 0.3 is 12.1 Å². The molecular weight excluding hydrogens is 533 g/mol. The Hall–Kier alpha value is -2.46. The average molecular weight is 553 g/mol. The number of aliphatic carboxylic acids is 1. The monoisotopic (exact) mass is 552 g/mol. The van der Waals surface area contributed by atoms with Crippen LogP contribution in [0.25, 0.3) is 10.9 Å². The van der Waals surface area contributed by atoms with Crippen molar-refractivity contribution in [1.29, 1.82) is 0 Å². The maximum Gasteiger partial charge on any atom is 0.416 e. The van der Waals surface area contributed by atoms with Crippen LogP contribution in [0.3, 0.4) is 0 Å². The lowest BCUT2D eigenvalue weighted by molar-refractivity contribution is -0.155. The first-order valence-corrected chi connectivity index (χ1v) is 12.3. The molecule has 2 saturated carbocycles. The number of alkyl halides is 3. The van der Waals surface area contributed by atoms with Crippen LogP contribution in [0.5, 0.6) is 0 Å². The standard InChI is InChI=1S/C24H20BrF3N2O3S/c25-14-5-17(21(31)30-15-9-23(10-15)7-12(8-23)22(32)33)20-18(6-14)29-11-19(20)34-16-3-1-13(2-4-16)24(26,27)28/h1-6,11-12,15,29H,7-10H2,(H,30,31)(H,32,33). The number of carboxylic acid groups (broad SMARTS) is 1. The number of halogens is 4. The summed E-state index contributed by atoms with van der Waals surface area (Å²) >= 11 is 4.73. The maximum absolute atomic E-state index is 13.2. The Balaban J connectivity index is 1.33. The lowest BCUT2D eigenvalue weighted by atomic mass is 9.50. The van der Waals surface area contributed by atoms with Gasteiger partial charge in [-0.25, -0.2) is 0 Å². The second kappa shape index (κ2) is 8.34. The minimum Gasteiger partial charge on any atom is -0.481 e. The zero-order valence-corrected chi connectivity index (χ0v) is 20.1. The van der Waals surface area contributed by atoms with E-state index in [-0.39, 0.29) is 23.3 Å². The van der Waals surface area contributed by atoms with E-state index in [2.05, 4.69) is 26.2 Å². The van der Waals surface area contributed by atoms with E-state index in [4.69, 9.17) is 5.11 Å². The number of aromatic nitrogens is 1. The molecule has 1 heterocycles. The average Bonchev–Trinajstić information content (AvgIpc) is 3.09. The number of hydrogen-bond acceptors (Lipinski definition) is 3. The van der Waals surface area contributed by atoms with Crippen LogP contribution in [0.4, 0.5) is 13.2 Å². The van der Waals surface area contributed by atoms with Crippen molar-refractivity contribution in [2.45, 2.75) is 47.7 Å². The van der Waals surface area contributed by atoms with Crippen molar-refractivity contribution in [2.24, 2.45) is 11.3 Å². The Morgan fingerprint density at radius 2 is 1.79 bits per heavy atom. The number of nitrogens with one attached hydrogen (secondary N) is 2. The minimum atomic E-state index is -4.39. The number of benzene rings is 2. The number of H-pyrrole nitrogens is 1. The van der Waals surface area contributed by atoms with E-state index in [1.807, 2.05) is 6.07 Å². The molecule has 1 spiro atoms. The normalized spacial score (nSPS) is 24.0. The van der Waals surface area contributed by atoms with Gasteiger partial charge < -0.3 is 15.4 Å². The Morgan fingerprint density at radius 3 is 2.41 bits per heavy atom. The molecule has 0 aliphatic heterocycles. The van der Waals surface area contributed by atoms with Crippen molar-refractivity contribution >= 4 is 50.5 Å². The first-order valence-electron chi connectivity index (χ1n) is 10.7. The second-order valence-corrected chi connectivity index (χ2v) is 11.2. The van der Waals surface area contributed by atoms with E-state index < -0.39 is 17.7 Å². The Labute approximate surface area is 205 Å². The second-order valence-electron chi connectivity index (χ2n) is 9.18. The summed E-state index contributed by atoms with van der Waals surface area (Å²) in [4.78, 5) is 28.8. The summed E-state index contributed by atoms with van der Waals surface area (Å²) in [6.45, 7) is 0. The molecule has 5 nitrogen and oxygen atoms in total. The molecule has 0 saturated heterocycles. The summed E-state index contributed by atoms with van der Waals surface area (Å²) in [6, 6.07) is 8.51. The van der Waals surface area contributed by atoms with Crippen LogP contribution in [0.15, 0.2) is 56.9 Å². The summed E-state index contributed by atoms with van der Waals surface area (Å²) < 4.78 is 39.3. The van der Waals surface area contributed by atoms with Crippen molar-refractivity contribution in [2.75, 3.05) is 0 Å². The fourth-order valence-corrected chi connectivity index (χ4v) is 6.57. The number of hydrogen-bond donors (Lipinski definition) is 3. The molecule has 34 heavy (non-hydrogen) atoms. The van der Waals surface area contributed by atoms with Crippen molar-refractivity contribution < 1.29 is 27.9 Å². The number of carboxylic acids is 1. The van der Waals surface area contributed by atoms with Crippen LogP contribution < -0.4 is 5.32 Å². The van der Waals surface area contributed by atoms with Gasteiger partial charge in [-0.3, -0.25) is 9.59 Å². The zero-order chi connectivity index (χ0) is 24.3. The van der Waals surface area contributed by atoms with Crippen molar-refractivity contribution in [3.63, 3.8) is 0 Å². The van der Waals surface area contributed by atoms with Crippen LogP contribution in [0.2, 0.25) is 0 Å². The van der Waals surface area contributed by atoms with Crippen LogP contribution in [-0.4, -0.2) is 28.0 Å². The highest BCUT2D eigenvalue weighted by molar-refractivity contribution is 9.10. The number of rotatable bonds is 5. The topological polar surface area (TPSA) is 82.2 Å². The van der Waals surface area contributed by atoms with Crippen LogP contribution in [0.1, 0.15) is 41.6 Å². The van der Waals surface area contributed by atoms with Crippen LogP contribution >= 0.6 is 27.7 Å². The lowest BCUT2D eigenvalue weighted by Crippen LogP contribution is -2.57. The van der Waals surface area contributed by atoms with Gasteiger partial charge in [-0.2, -0.15) is 13.2 Å². The van der Waals surface area contributed by atoms with Gasteiger partial charge in [-0.1, -0.05) is 27.7 Å². The molecule has 0 radical (unpaired) electrons. The number of aromatic amines is 1. The fraction of sp³-hybridized carbons (Fsp3) is 0.333. The molecule has 0 atom stereocenters. The Morgan fingerprint density at radius 1 is 1.12 bits per heavy atom. The SMILES string of the molecule is O=C(NC1CC2(C1)CC(C(=O)O)C2)c1cc(Br)cc2[nH]cc(Sc3ccc(C(F)(F)F)cc3)c12. The van der Waals surface area contributed by atoms with Crippen molar-refractivity contribution in [3.8, 4) is 0 Å². The smallest absolute Gasteiger partial charge is 0.416 e. The van der Waals surface area contributed by atoms with Gasteiger partial charge in [0.25, 0.3) is 5.91 Å². The molecule has 1 amide bonds. The summed E-state index contributed by atoms with van der Waals surface area (Å²) in [7, 11) is 0. The fourth-order valence-electron chi connectivity index (χ4n) is 5.14. The molecule has 178 valence electrons. The first kappa shape index (κ1) is 23.3. The predicted octanol–water partition coefficient (Wildman–Crippen LogP) is 6.47. The summed E-state index contributed by atoms with van der Waals surface area (Å²) in [5, 5.41) is 12.9. The molecule has 3 aromatic rings. The minimum absolute atomic E-state index is 0.00114. The van der Waals surface area contributed by atoms with E-state index >= 15 is 0 Å². The van der Waals surface area contributed by atoms with E-state index in [0.29, 0.717) is 28.7 Å². The number of amides is 1. The van der Waals surface area contributed by atoms with Crippen LogP contribution in [-0.2, 0) is 11.0 Å². The van der Waals surface area contributed by atoms with E-state index in [9.17, 15) is 22.8 Å². The first-order chi connectivity index (χ1) is 16.0. The van der Waals surface area contributed by atoms with Gasteiger partial charge in [-0.15, -0.1) is 0 Å². The third kappa shape index (κ3) is 4.33. The molecule has 2 aliphatic rings. The van der Waals surface area contributed by atoms with Crippen molar-refractivity contribution in [1.82, 2.24) is 10.3 Å². The van der Waals surface area contributed by atoms with Gasteiger partial charge in [0, 0.05) is 37.4 Å². The molecular formula is C24H20BrF3N2O3S. The quantitative estimate of drug-likeness (QED) is 0.338. The number of carbonyl (C=O) groups is 2. The zero-order valence-electron chi connectivity index (χ0n) is 17.7. The molecule has 2 aromatic carbocycles. The Bertz CT molecular complexity index is 1280. The van der Waals surface area contributed by atoms with E-state index in [0.717, 1.165) is 39.9 Å². The summed E-state index contributed by atoms with van der Waals surface area (Å²) in [5.41, 5.74) is 0.546. The van der Waals surface area contributed by atoms with Gasteiger partial charge in [0.05, 0.1) is 17.0 Å². The molecule has 0 unspecified atom stereocenters. The Kier molecular flexibility index (Phi) is 5.71. The van der Waals surface area contributed by atoms with Gasteiger partial charge in [0.1, 0.15) is 0 Å².